The molecule has 1 N–H and O–H groups in total. The van der Waals surface area contributed by atoms with Crippen LogP contribution in [0.5, 0.6) is 0 Å². The maximum absolute atomic E-state index is 12.1. The molecule has 1 aromatic carbocycles. The smallest absolute Gasteiger partial charge is 0.224 e. The zero-order valence-electron chi connectivity index (χ0n) is 11.2. The second-order valence-electron chi connectivity index (χ2n) is 5.49. The van der Waals surface area contributed by atoms with Gasteiger partial charge in [0.15, 0.2) is 0 Å². The van der Waals surface area contributed by atoms with Gasteiger partial charge in [-0.15, -0.1) is 0 Å². The summed E-state index contributed by atoms with van der Waals surface area (Å²) in [5.74, 6) is -1.20. The summed E-state index contributed by atoms with van der Waals surface area (Å²) in [6.45, 7) is 0. The molecule has 108 valence electrons. The lowest BCUT2D eigenvalue weighted by atomic mass is 9.79. The molecule has 4 nitrogen and oxygen atoms in total. The molecule has 0 radical (unpaired) electrons. The van der Waals surface area contributed by atoms with Crippen molar-refractivity contribution in [3.63, 3.8) is 0 Å². The Hall–Kier alpha value is -1.36. The van der Waals surface area contributed by atoms with Gasteiger partial charge >= 0.3 is 0 Å². The van der Waals surface area contributed by atoms with Crippen LogP contribution in [0.25, 0.3) is 0 Å². The van der Waals surface area contributed by atoms with Crippen LogP contribution in [0.1, 0.15) is 38.5 Å². The summed E-state index contributed by atoms with van der Waals surface area (Å²) in [5, 5.41) is 13.7. The number of carboxylic acid groups (broad SMARTS) is 1. The molecule has 1 fully saturated rings. The average Bonchev–Trinajstić information content (AvgIpc) is 2.79. The van der Waals surface area contributed by atoms with Crippen LogP contribution in [0.4, 0.5) is 5.69 Å². The van der Waals surface area contributed by atoms with E-state index in [0.717, 1.165) is 35.8 Å². The third-order valence-corrected chi connectivity index (χ3v) is 4.38. The van der Waals surface area contributed by atoms with E-state index < -0.39 is 11.4 Å². The van der Waals surface area contributed by atoms with E-state index in [0.29, 0.717) is 0 Å². The number of carbonyl (C=O) groups excluding carboxylic acids is 2. The Morgan fingerprint density at radius 3 is 2.30 bits per heavy atom. The van der Waals surface area contributed by atoms with E-state index in [4.69, 9.17) is 0 Å². The summed E-state index contributed by atoms with van der Waals surface area (Å²) in [6.07, 6.45) is 3.76. The number of benzene rings is 1. The summed E-state index contributed by atoms with van der Waals surface area (Å²) in [7, 11) is 0. The van der Waals surface area contributed by atoms with Crippen molar-refractivity contribution < 1.29 is 14.7 Å². The fourth-order valence-electron chi connectivity index (χ4n) is 2.93. The highest BCUT2D eigenvalue weighted by Gasteiger charge is 2.35. The van der Waals surface area contributed by atoms with Gasteiger partial charge in [-0.05, 0) is 48.9 Å². The Bertz CT molecular complexity index is 492. The standard InChI is InChI=1S/C15H18BrNO3/c16-11-3-5-12(6-4-11)17-13(18)9-15(10-14(19)20)7-1-2-8-15/h3-6H,1-2,7-10H2,(H,17,18)(H,19,20)/p-1. The van der Waals surface area contributed by atoms with E-state index in [1.165, 1.54) is 0 Å². The molecule has 1 aliphatic carbocycles. The number of hydrogen-bond acceptors (Lipinski definition) is 3. The van der Waals surface area contributed by atoms with Gasteiger partial charge in [-0.3, -0.25) is 4.79 Å². The van der Waals surface area contributed by atoms with Crippen molar-refractivity contribution in [2.45, 2.75) is 38.5 Å². The fourth-order valence-corrected chi connectivity index (χ4v) is 3.19. The van der Waals surface area contributed by atoms with E-state index in [-0.39, 0.29) is 18.7 Å². The minimum absolute atomic E-state index is 0.0270. The minimum Gasteiger partial charge on any atom is -0.550 e. The molecule has 2 rings (SSSR count). The van der Waals surface area contributed by atoms with E-state index in [1.54, 1.807) is 0 Å². The lowest BCUT2D eigenvalue weighted by Crippen LogP contribution is -2.33. The fraction of sp³-hybridized carbons (Fsp3) is 0.467. The maximum atomic E-state index is 12.1. The van der Waals surface area contributed by atoms with Gasteiger partial charge in [0, 0.05) is 22.6 Å². The topological polar surface area (TPSA) is 69.2 Å². The van der Waals surface area contributed by atoms with E-state index in [1.807, 2.05) is 24.3 Å². The minimum atomic E-state index is -1.07. The molecule has 5 heteroatoms. The molecule has 0 spiro atoms. The molecule has 1 amide bonds. The summed E-state index contributed by atoms with van der Waals surface area (Å²) in [5.41, 5.74) is 0.304. The molecule has 1 aromatic rings. The second kappa shape index (κ2) is 6.39. The Kier molecular flexibility index (Phi) is 4.81. The predicted octanol–water partition coefficient (Wildman–Crippen LogP) is 2.48. The number of nitrogens with one attached hydrogen (secondary N) is 1. The van der Waals surface area contributed by atoms with Gasteiger partial charge in [-0.1, -0.05) is 28.8 Å². The van der Waals surface area contributed by atoms with Gasteiger partial charge in [-0.2, -0.15) is 0 Å². The van der Waals surface area contributed by atoms with Crippen LogP contribution in [0.15, 0.2) is 28.7 Å². The first-order chi connectivity index (χ1) is 9.49. The number of anilines is 1. The van der Waals surface area contributed by atoms with Crippen molar-refractivity contribution in [2.24, 2.45) is 5.41 Å². The van der Waals surface area contributed by atoms with Crippen LogP contribution in [-0.4, -0.2) is 11.9 Å². The summed E-state index contributed by atoms with van der Waals surface area (Å²) < 4.78 is 0.944. The number of amides is 1. The molecule has 0 bridgehead atoms. The average molecular weight is 339 g/mol. The summed E-state index contributed by atoms with van der Waals surface area (Å²) >= 11 is 3.33. The van der Waals surface area contributed by atoms with Gasteiger partial charge in [0.05, 0.1) is 0 Å². The third-order valence-electron chi connectivity index (χ3n) is 3.85. The van der Waals surface area contributed by atoms with Crippen molar-refractivity contribution in [3.8, 4) is 0 Å². The lowest BCUT2D eigenvalue weighted by molar-refractivity contribution is -0.308. The quantitative estimate of drug-likeness (QED) is 0.896. The number of carbonyl (C=O) groups is 2. The molecular weight excluding hydrogens is 322 g/mol. The molecule has 0 saturated heterocycles. The number of rotatable bonds is 5. The molecule has 0 atom stereocenters. The van der Waals surface area contributed by atoms with Crippen LogP contribution in [0.2, 0.25) is 0 Å². The molecule has 0 aliphatic heterocycles. The second-order valence-corrected chi connectivity index (χ2v) is 6.40. The van der Waals surface area contributed by atoms with Crippen molar-refractivity contribution in [2.75, 3.05) is 5.32 Å². The maximum Gasteiger partial charge on any atom is 0.224 e. The van der Waals surface area contributed by atoms with E-state index in [9.17, 15) is 14.7 Å². The summed E-state index contributed by atoms with van der Waals surface area (Å²) in [6, 6.07) is 7.31. The Labute approximate surface area is 126 Å². The Morgan fingerprint density at radius 1 is 1.15 bits per heavy atom. The summed E-state index contributed by atoms with van der Waals surface area (Å²) in [4.78, 5) is 23.0. The molecule has 0 aromatic heterocycles. The van der Waals surface area contributed by atoms with Crippen LogP contribution in [0, 0.1) is 5.41 Å². The van der Waals surface area contributed by atoms with Crippen molar-refractivity contribution in [1.29, 1.82) is 0 Å². The highest BCUT2D eigenvalue weighted by molar-refractivity contribution is 9.10. The highest BCUT2D eigenvalue weighted by atomic mass is 79.9. The molecule has 1 aliphatic rings. The monoisotopic (exact) mass is 338 g/mol. The Morgan fingerprint density at radius 2 is 1.75 bits per heavy atom. The molecule has 0 unspecified atom stereocenters. The molecule has 1 saturated carbocycles. The van der Waals surface area contributed by atoms with Crippen molar-refractivity contribution >= 4 is 33.5 Å². The molecule has 0 heterocycles. The van der Waals surface area contributed by atoms with E-state index in [2.05, 4.69) is 21.2 Å². The number of carboxylic acids is 1. The number of hydrogen-bond donors (Lipinski definition) is 1. The van der Waals surface area contributed by atoms with Crippen LogP contribution < -0.4 is 10.4 Å². The first kappa shape index (κ1) is 15.0. The van der Waals surface area contributed by atoms with Crippen LogP contribution in [0.3, 0.4) is 0 Å². The largest absolute Gasteiger partial charge is 0.550 e. The number of aliphatic carboxylic acids is 1. The molecular formula is C15H17BrNO3-. The SMILES string of the molecule is O=C([O-])CC1(CC(=O)Nc2ccc(Br)cc2)CCCC1. The van der Waals surface area contributed by atoms with Crippen LogP contribution in [-0.2, 0) is 9.59 Å². The predicted molar refractivity (Wildman–Crippen MR) is 77.9 cm³/mol. The highest BCUT2D eigenvalue weighted by Crippen LogP contribution is 2.44. The van der Waals surface area contributed by atoms with Crippen LogP contribution >= 0.6 is 15.9 Å². The van der Waals surface area contributed by atoms with Gasteiger partial charge in [0.2, 0.25) is 5.91 Å². The zero-order valence-corrected chi connectivity index (χ0v) is 12.7. The van der Waals surface area contributed by atoms with Gasteiger partial charge in [0.1, 0.15) is 0 Å². The molecule has 20 heavy (non-hydrogen) atoms. The Balaban J connectivity index is 1.98. The van der Waals surface area contributed by atoms with E-state index >= 15 is 0 Å². The first-order valence-electron chi connectivity index (χ1n) is 6.74. The van der Waals surface area contributed by atoms with Crippen molar-refractivity contribution in [3.05, 3.63) is 28.7 Å². The van der Waals surface area contributed by atoms with Gasteiger partial charge in [-0.25, -0.2) is 0 Å². The van der Waals surface area contributed by atoms with Gasteiger partial charge in [0.25, 0.3) is 0 Å². The lowest BCUT2D eigenvalue weighted by Gasteiger charge is -2.28. The van der Waals surface area contributed by atoms with Gasteiger partial charge < -0.3 is 15.2 Å². The number of halogens is 1. The first-order valence-corrected chi connectivity index (χ1v) is 7.54. The third kappa shape index (κ3) is 4.07. The van der Waals surface area contributed by atoms with Crippen molar-refractivity contribution in [1.82, 2.24) is 0 Å². The zero-order chi connectivity index (χ0) is 14.6. The normalized spacial score (nSPS) is 16.9.